The summed E-state index contributed by atoms with van der Waals surface area (Å²) in [6, 6.07) is 3.39. The van der Waals surface area contributed by atoms with Crippen molar-refractivity contribution >= 4 is 27.5 Å². The second-order valence-electron chi connectivity index (χ2n) is 4.91. The molecule has 1 heterocycles. The zero-order valence-corrected chi connectivity index (χ0v) is 13.0. The third-order valence-electron chi connectivity index (χ3n) is 2.99. The Morgan fingerprint density at radius 3 is 2.84 bits per heavy atom. The van der Waals surface area contributed by atoms with Gasteiger partial charge < -0.3 is 10.4 Å². The number of aliphatic hydroxyl groups is 1. The maximum Gasteiger partial charge on any atom is 0.256 e. The molecule has 0 aliphatic rings. The zero-order chi connectivity index (χ0) is 14.3. The quantitative estimate of drug-likeness (QED) is 0.594. The van der Waals surface area contributed by atoms with Crippen LogP contribution >= 0.6 is 15.9 Å². The number of amides is 1. The molecule has 0 bridgehead atoms. The van der Waals surface area contributed by atoms with E-state index in [1.165, 1.54) is 0 Å². The number of aromatic nitrogens is 1. The summed E-state index contributed by atoms with van der Waals surface area (Å²) in [6.07, 6.45) is 6.24. The summed E-state index contributed by atoms with van der Waals surface area (Å²) in [5.41, 5.74) is -0.704. The van der Waals surface area contributed by atoms with Crippen LogP contribution in [0.3, 0.4) is 0 Å². The average molecular weight is 329 g/mol. The van der Waals surface area contributed by atoms with Gasteiger partial charge in [0.15, 0.2) is 0 Å². The Kier molecular flexibility index (Phi) is 6.45. The minimum atomic E-state index is -1.33. The van der Waals surface area contributed by atoms with E-state index in [9.17, 15) is 9.90 Å². The average Bonchev–Trinajstić information content (AvgIpc) is 2.34. The molecule has 0 unspecified atom stereocenters. The summed E-state index contributed by atoms with van der Waals surface area (Å²) in [4.78, 5) is 16.0. The molecule has 0 spiro atoms. The Morgan fingerprint density at radius 1 is 1.47 bits per heavy atom. The zero-order valence-electron chi connectivity index (χ0n) is 11.4. The molecule has 1 rings (SSSR count). The molecule has 0 aromatic carbocycles. The molecule has 0 aliphatic heterocycles. The van der Waals surface area contributed by atoms with Gasteiger partial charge in [-0.2, -0.15) is 0 Å². The third-order valence-corrected chi connectivity index (χ3v) is 3.42. The van der Waals surface area contributed by atoms with Gasteiger partial charge in [0.25, 0.3) is 5.91 Å². The minimum absolute atomic E-state index is 0.373. The maximum atomic E-state index is 12.0. The van der Waals surface area contributed by atoms with Crippen LogP contribution in [0, 0.1) is 0 Å². The van der Waals surface area contributed by atoms with Crippen molar-refractivity contribution in [3.8, 4) is 0 Å². The van der Waals surface area contributed by atoms with E-state index < -0.39 is 5.60 Å². The lowest BCUT2D eigenvalue weighted by Crippen LogP contribution is -2.39. The van der Waals surface area contributed by atoms with Crippen molar-refractivity contribution in [2.45, 2.75) is 51.6 Å². The van der Waals surface area contributed by atoms with E-state index in [1.54, 1.807) is 25.3 Å². The van der Waals surface area contributed by atoms with Gasteiger partial charge in [0.2, 0.25) is 0 Å². The monoisotopic (exact) mass is 328 g/mol. The number of hydrogen-bond donors (Lipinski definition) is 2. The number of unbranched alkanes of at least 4 members (excludes halogenated alkanes) is 3. The van der Waals surface area contributed by atoms with Crippen molar-refractivity contribution < 1.29 is 9.90 Å². The summed E-state index contributed by atoms with van der Waals surface area (Å²) in [5.74, 6) is -0.373. The SMILES string of the molecule is CCCCCC[C@](C)(O)C(=O)Nc1ccnc(Br)c1. The standard InChI is InChI=1S/C14H21BrN2O2/c1-3-4-5-6-8-14(2,19)13(18)17-11-7-9-16-12(15)10-11/h7,9-10,19H,3-6,8H2,1-2H3,(H,16,17,18)/t14-/m0/s1. The highest BCUT2D eigenvalue weighted by Gasteiger charge is 2.29. The molecule has 0 fully saturated rings. The number of rotatable bonds is 7. The normalized spacial score (nSPS) is 13.9. The molecule has 2 N–H and O–H groups in total. The predicted molar refractivity (Wildman–Crippen MR) is 79.9 cm³/mol. The Balaban J connectivity index is 2.51. The number of hydrogen-bond acceptors (Lipinski definition) is 3. The van der Waals surface area contributed by atoms with Crippen molar-refractivity contribution in [2.24, 2.45) is 0 Å². The lowest BCUT2D eigenvalue weighted by molar-refractivity contribution is -0.133. The molecule has 5 heteroatoms. The summed E-state index contributed by atoms with van der Waals surface area (Å²) < 4.78 is 0.646. The van der Waals surface area contributed by atoms with Crippen LogP contribution in [0.25, 0.3) is 0 Å². The van der Waals surface area contributed by atoms with Crippen LogP contribution in [0.5, 0.6) is 0 Å². The van der Waals surface area contributed by atoms with Gasteiger partial charge in [0.05, 0.1) is 0 Å². The number of halogens is 1. The molecule has 106 valence electrons. The Morgan fingerprint density at radius 2 is 2.21 bits per heavy atom. The van der Waals surface area contributed by atoms with Gasteiger partial charge in [-0.15, -0.1) is 0 Å². The van der Waals surface area contributed by atoms with Gasteiger partial charge in [-0.25, -0.2) is 4.98 Å². The summed E-state index contributed by atoms with van der Waals surface area (Å²) >= 11 is 3.24. The molecule has 0 aliphatic carbocycles. The Bertz CT molecular complexity index is 422. The number of nitrogens with zero attached hydrogens (tertiary/aromatic N) is 1. The van der Waals surface area contributed by atoms with E-state index in [0.717, 1.165) is 25.7 Å². The first-order valence-electron chi connectivity index (χ1n) is 6.61. The van der Waals surface area contributed by atoms with Crippen LogP contribution in [0.2, 0.25) is 0 Å². The van der Waals surface area contributed by atoms with Crippen LogP contribution in [0.15, 0.2) is 22.9 Å². The Hall–Kier alpha value is -0.940. The number of carbonyl (C=O) groups excluding carboxylic acids is 1. The van der Waals surface area contributed by atoms with E-state index in [0.29, 0.717) is 16.7 Å². The molecule has 1 aromatic heterocycles. The minimum Gasteiger partial charge on any atom is -0.380 e. The van der Waals surface area contributed by atoms with Crippen molar-refractivity contribution in [3.63, 3.8) is 0 Å². The highest BCUT2D eigenvalue weighted by molar-refractivity contribution is 9.10. The number of carbonyl (C=O) groups is 1. The predicted octanol–water partition coefficient (Wildman–Crippen LogP) is 3.50. The van der Waals surface area contributed by atoms with E-state index in [2.05, 4.69) is 33.2 Å². The van der Waals surface area contributed by atoms with Gasteiger partial charge in [-0.3, -0.25) is 4.79 Å². The van der Waals surface area contributed by atoms with E-state index in [1.807, 2.05) is 0 Å². The highest BCUT2D eigenvalue weighted by atomic mass is 79.9. The number of nitrogens with one attached hydrogen (secondary N) is 1. The smallest absolute Gasteiger partial charge is 0.256 e. The molecule has 0 saturated heterocycles. The van der Waals surface area contributed by atoms with Crippen molar-refractivity contribution in [1.29, 1.82) is 0 Å². The van der Waals surface area contributed by atoms with E-state index in [-0.39, 0.29) is 5.91 Å². The number of pyridine rings is 1. The number of anilines is 1. The fourth-order valence-corrected chi connectivity index (χ4v) is 2.12. The summed E-state index contributed by atoms with van der Waals surface area (Å²) in [5, 5.41) is 12.9. The maximum absolute atomic E-state index is 12.0. The molecule has 1 atom stereocenters. The largest absolute Gasteiger partial charge is 0.380 e. The van der Waals surface area contributed by atoms with Crippen LogP contribution in [0.1, 0.15) is 46.0 Å². The molecular weight excluding hydrogens is 308 g/mol. The van der Waals surface area contributed by atoms with Crippen molar-refractivity contribution in [2.75, 3.05) is 5.32 Å². The first-order chi connectivity index (χ1) is 8.95. The van der Waals surface area contributed by atoms with Gasteiger partial charge >= 0.3 is 0 Å². The molecule has 4 nitrogen and oxygen atoms in total. The topological polar surface area (TPSA) is 62.2 Å². The highest BCUT2D eigenvalue weighted by Crippen LogP contribution is 2.19. The summed E-state index contributed by atoms with van der Waals surface area (Å²) in [7, 11) is 0. The van der Waals surface area contributed by atoms with E-state index in [4.69, 9.17) is 0 Å². The van der Waals surface area contributed by atoms with Crippen LogP contribution in [-0.2, 0) is 4.79 Å². The molecule has 0 saturated carbocycles. The first-order valence-corrected chi connectivity index (χ1v) is 7.40. The lowest BCUT2D eigenvalue weighted by atomic mass is 9.97. The van der Waals surface area contributed by atoms with Crippen molar-refractivity contribution in [3.05, 3.63) is 22.9 Å². The van der Waals surface area contributed by atoms with E-state index >= 15 is 0 Å². The van der Waals surface area contributed by atoms with Gasteiger partial charge in [-0.1, -0.05) is 32.6 Å². The summed E-state index contributed by atoms with van der Waals surface area (Å²) in [6.45, 7) is 3.69. The van der Waals surface area contributed by atoms with Gasteiger partial charge in [-0.05, 0) is 41.4 Å². The molecule has 0 radical (unpaired) electrons. The third kappa shape index (κ3) is 5.70. The van der Waals surface area contributed by atoms with Gasteiger partial charge in [0.1, 0.15) is 10.2 Å². The molecular formula is C14H21BrN2O2. The Labute approximate surface area is 122 Å². The second kappa shape index (κ2) is 7.60. The fraction of sp³-hybridized carbons (Fsp3) is 0.571. The first kappa shape index (κ1) is 16.1. The second-order valence-corrected chi connectivity index (χ2v) is 5.72. The van der Waals surface area contributed by atoms with Crippen LogP contribution in [0.4, 0.5) is 5.69 Å². The fourth-order valence-electron chi connectivity index (χ4n) is 1.76. The van der Waals surface area contributed by atoms with Crippen LogP contribution in [-0.4, -0.2) is 21.6 Å². The molecule has 19 heavy (non-hydrogen) atoms. The lowest BCUT2D eigenvalue weighted by Gasteiger charge is -2.22. The molecule has 1 amide bonds. The van der Waals surface area contributed by atoms with Crippen LogP contribution < -0.4 is 5.32 Å². The molecule has 1 aromatic rings. The van der Waals surface area contributed by atoms with Crippen molar-refractivity contribution in [1.82, 2.24) is 4.98 Å². The van der Waals surface area contributed by atoms with Gasteiger partial charge in [0, 0.05) is 11.9 Å².